The third kappa shape index (κ3) is 5.14. The Morgan fingerprint density at radius 2 is 2.31 bits per heavy atom. The summed E-state index contributed by atoms with van der Waals surface area (Å²) < 4.78 is 5.23. The summed E-state index contributed by atoms with van der Waals surface area (Å²) in [5, 5.41) is 3.26. The zero-order valence-electron chi connectivity index (χ0n) is 10.2. The first-order chi connectivity index (χ1) is 7.25. The molecule has 0 aromatic rings. The van der Waals surface area contributed by atoms with Gasteiger partial charge >= 0.3 is 0 Å². The summed E-state index contributed by atoms with van der Waals surface area (Å²) in [5.74, 6) is 0.423. The molecular formula is C11H23ClN2O2. The second kappa shape index (κ2) is 8.79. The summed E-state index contributed by atoms with van der Waals surface area (Å²) in [6.45, 7) is 5.90. The minimum atomic E-state index is 0. The quantitative estimate of drug-likeness (QED) is 0.738. The maximum atomic E-state index is 11.9. The van der Waals surface area contributed by atoms with Gasteiger partial charge in [0.25, 0.3) is 0 Å². The maximum Gasteiger partial charge on any atom is 0.226 e. The van der Waals surface area contributed by atoms with E-state index in [4.69, 9.17) is 4.74 Å². The van der Waals surface area contributed by atoms with Crippen LogP contribution in [0.15, 0.2) is 0 Å². The highest BCUT2D eigenvalue weighted by Gasteiger charge is 2.23. The van der Waals surface area contributed by atoms with Crippen LogP contribution in [0.3, 0.4) is 0 Å². The number of nitrogens with one attached hydrogen (secondary N) is 1. The number of rotatable bonds is 5. The standard InChI is InChI=1S/C11H22N2O2.ClH/c1-3-15-8-7-13(2)11(14)10-5-4-6-12-9-10;/h10,12H,3-9H2,1-2H3;1H/t10-;/m1./s1. The number of likely N-dealkylation sites (N-methyl/N-ethyl adjacent to an activating group) is 1. The first-order valence-electron chi connectivity index (χ1n) is 5.79. The Kier molecular flexibility index (Phi) is 8.61. The van der Waals surface area contributed by atoms with E-state index in [-0.39, 0.29) is 24.2 Å². The number of hydrogen-bond donors (Lipinski definition) is 1. The van der Waals surface area contributed by atoms with Gasteiger partial charge < -0.3 is 15.0 Å². The van der Waals surface area contributed by atoms with Crippen molar-refractivity contribution in [3.05, 3.63) is 0 Å². The summed E-state index contributed by atoms with van der Waals surface area (Å²) in [6, 6.07) is 0. The first kappa shape index (κ1) is 15.7. The molecule has 0 aliphatic carbocycles. The van der Waals surface area contributed by atoms with Crippen LogP contribution in [0.5, 0.6) is 0 Å². The van der Waals surface area contributed by atoms with Gasteiger partial charge in [0.05, 0.1) is 12.5 Å². The van der Waals surface area contributed by atoms with E-state index < -0.39 is 0 Å². The van der Waals surface area contributed by atoms with E-state index in [1.165, 1.54) is 0 Å². The molecule has 0 aromatic heterocycles. The lowest BCUT2D eigenvalue weighted by Gasteiger charge is -2.26. The minimum Gasteiger partial charge on any atom is -0.380 e. The highest BCUT2D eigenvalue weighted by atomic mass is 35.5. The molecule has 16 heavy (non-hydrogen) atoms. The molecule has 0 bridgehead atoms. The molecule has 0 radical (unpaired) electrons. The number of hydrogen-bond acceptors (Lipinski definition) is 3. The molecule has 0 saturated carbocycles. The van der Waals surface area contributed by atoms with Crippen LogP contribution in [0.4, 0.5) is 0 Å². The number of carbonyl (C=O) groups excluding carboxylic acids is 1. The van der Waals surface area contributed by atoms with Crippen LogP contribution in [0, 0.1) is 5.92 Å². The smallest absolute Gasteiger partial charge is 0.226 e. The molecular weight excluding hydrogens is 228 g/mol. The molecule has 4 nitrogen and oxygen atoms in total. The molecule has 1 aliphatic rings. The average molecular weight is 251 g/mol. The Balaban J connectivity index is 0.00000225. The van der Waals surface area contributed by atoms with Gasteiger partial charge in [-0.15, -0.1) is 12.4 Å². The summed E-state index contributed by atoms with van der Waals surface area (Å²) in [7, 11) is 1.86. The van der Waals surface area contributed by atoms with E-state index in [0.29, 0.717) is 19.8 Å². The Bertz CT molecular complexity index is 196. The predicted octanol–water partition coefficient (Wildman–Crippen LogP) is 0.903. The second-order valence-electron chi connectivity index (χ2n) is 4.00. The molecule has 0 spiro atoms. The van der Waals surface area contributed by atoms with Gasteiger partial charge in [-0.2, -0.15) is 0 Å². The van der Waals surface area contributed by atoms with Crippen molar-refractivity contribution in [2.45, 2.75) is 19.8 Å². The molecule has 1 aliphatic heterocycles. The third-order valence-corrected chi connectivity index (χ3v) is 2.80. The van der Waals surface area contributed by atoms with Crippen molar-refractivity contribution in [1.29, 1.82) is 0 Å². The Labute approximate surface area is 104 Å². The normalized spacial score (nSPS) is 20.0. The first-order valence-corrected chi connectivity index (χ1v) is 5.79. The monoisotopic (exact) mass is 250 g/mol. The average Bonchev–Trinajstić information content (AvgIpc) is 2.29. The Morgan fingerprint density at radius 1 is 1.56 bits per heavy atom. The van der Waals surface area contributed by atoms with Gasteiger partial charge in [-0.25, -0.2) is 0 Å². The van der Waals surface area contributed by atoms with Crippen LogP contribution < -0.4 is 5.32 Å². The number of piperidine rings is 1. The van der Waals surface area contributed by atoms with Crippen LogP contribution >= 0.6 is 12.4 Å². The molecule has 1 fully saturated rings. The van der Waals surface area contributed by atoms with Crippen molar-refractivity contribution in [2.75, 3.05) is 39.9 Å². The predicted molar refractivity (Wildman–Crippen MR) is 67.0 cm³/mol. The van der Waals surface area contributed by atoms with E-state index in [1.807, 2.05) is 14.0 Å². The van der Waals surface area contributed by atoms with Crippen LogP contribution in [0.1, 0.15) is 19.8 Å². The highest BCUT2D eigenvalue weighted by molar-refractivity contribution is 5.85. The third-order valence-electron chi connectivity index (χ3n) is 2.80. The highest BCUT2D eigenvalue weighted by Crippen LogP contribution is 2.12. The van der Waals surface area contributed by atoms with E-state index in [0.717, 1.165) is 25.9 Å². The van der Waals surface area contributed by atoms with Gasteiger partial charge in [-0.1, -0.05) is 0 Å². The lowest BCUT2D eigenvalue weighted by Crippen LogP contribution is -2.42. The molecule has 1 amide bonds. The van der Waals surface area contributed by atoms with Gasteiger partial charge in [-0.05, 0) is 26.3 Å². The van der Waals surface area contributed by atoms with E-state index >= 15 is 0 Å². The van der Waals surface area contributed by atoms with Crippen LogP contribution in [0.25, 0.3) is 0 Å². The molecule has 1 N–H and O–H groups in total. The van der Waals surface area contributed by atoms with Crippen molar-refractivity contribution < 1.29 is 9.53 Å². The van der Waals surface area contributed by atoms with E-state index in [2.05, 4.69) is 5.32 Å². The fourth-order valence-corrected chi connectivity index (χ4v) is 1.83. The lowest BCUT2D eigenvalue weighted by atomic mass is 9.98. The van der Waals surface area contributed by atoms with Crippen molar-refractivity contribution in [1.82, 2.24) is 10.2 Å². The largest absolute Gasteiger partial charge is 0.380 e. The number of amides is 1. The molecule has 1 atom stereocenters. The van der Waals surface area contributed by atoms with Gasteiger partial charge in [0.1, 0.15) is 0 Å². The van der Waals surface area contributed by atoms with Crippen molar-refractivity contribution in [3.63, 3.8) is 0 Å². The molecule has 0 unspecified atom stereocenters. The number of carbonyl (C=O) groups is 1. The van der Waals surface area contributed by atoms with Crippen LogP contribution in [-0.4, -0.2) is 50.7 Å². The number of nitrogens with zero attached hydrogens (tertiary/aromatic N) is 1. The maximum absolute atomic E-state index is 11.9. The summed E-state index contributed by atoms with van der Waals surface area (Å²) in [4.78, 5) is 13.7. The van der Waals surface area contributed by atoms with Gasteiger partial charge in [0.15, 0.2) is 0 Å². The summed E-state index contributed by atoms with van der Waals surface area (Å²) >= 11 is 0. The molecule has 1 rings (SSSR count). The van der Waals surface area contributed by atoms with Gasteiger partial charge in [0, 0.05) is 26.7 Å². The lowest BCUT2D eigenvalue weighted by molar-refractivity contribution is -0.135. The van der Waals surface area contributed by atoms with E-state index in [9.17, 15) is 4.79 Å². The topological polar surface area (TPSA) is 41.6 Å². The van der Waals surface area contributed by atoms with Gasteiger partial charge in [0.2, 0.25) is 5.91 Å². The second-order valence-corrected chi connectivity index (χ2v) is 4.00. The molecule has 5 heteroatoms. The summed E-state index contributed by atoms with van der Waals surface area (Å²) in [5.41, 5.74) is 0. The number of ether oxygens (including phenoxy) is 1. The van der Waals surface area contributed by atoms with Crippen LogP contribution in [-0.2, 0) is 9.53 Å². The van der Waals surface area contributed by atoms with Crippen molar-refractivity contribution >= 4 is 18.3 Å². The molecule has 1 saturated heterocycles. The Hall–Kier alpha value is -0.320. The van der Waals surface area contributed by atoms with Crippen LogP contribution in [0.2, 0.25) is 0 Å². The molecule has 96 valence electrons. The van der Waals surface area contributed by atoms with Gasteiger partial charge in [-0.3, -0.25) is 4.79 Å². The molecule has 1 heterocycles. The van der Waals surface area contributed by atoms with E-state index in [1.54, 1.807) is 4.90 Å². The zero-order valence-corrected chi connectivity index (χ0v) is 11.0. The van der Waals surface area contributed by atoms with Crippen molar-refractivity contribution in [2.24, 2.45) is 5.92 Å². The minimum absolute atomic E-state index is 0. The SMILES string of the molecule is CCOCCN(C)C(=O)[C@@H]1CCCNC1.Cl. The Morgan fingerprint density at radius 3 is 2.88 bits per heavy atom. The fourth-order valence-electron chi connectivity index (χ4n) is 1.83. The zero-order chi connectivity index (χ0) is 11.1. The summed E-state index contributed by atoms with van der Waals surface area (Å²) in [6.07, 6.45) is 2.13. The molecule has 0 aromatic carbocycles. The fraction of sp³-hybridized carbons (Fsp3) is 0.909. The number of halogens is 1. The van der Waals surface area contributed by atoms with Crippen molar-refractivity contribution in [3.8, 4) is 0 Å².